The van der Waals surface area contributed by atoms with Gasteiger partial charge in [-0.1, -0.05) is 0 Å². The summed E-state index contributed by atoms with van der Waals surface area (Å²) in [6.45, 7) is -0.318. The molecule has 0 atom stereocenters. The van der Waals surface area contributed by atoms with Crippen LogP contribution in [0.5, 0.6) is 11.5 Å². The molecule has 9 heteroatoms. The molecule has 0 radical (unpaired) electrons. The van der Waals surface area contributed by atoms with Crippen molar-refractivity contribution in [1.29, 1.82) is 0 Å². The molecule has 2 amide bonds. The van der Waals surface area contributed by atoms with E-state index in [4.69, 9.17) is 15.2 Å². The fourth-order valence-electron chi connectivity index (χ4n) is 2.00. The molecule has 0 unspecified atom stereocenters. The van der Waals surface area contributed by atoms with Crippen molar-refractivity contribution in [1.82, 2.24) is 5.43 Å². The molecule has 2 aromatic rings. The van der Waals surface area contributed by atoms with Gasteiger partial charge in [-0.2, -0.15) is 5.10 Å². The Morgan fingerprint density at radius 1 is 1.19 bits per heavy atom. The summed E-state index contributed by atoms with van der Waals surface area (Å²) >= 11 is 0. The third-order valence-electron chi connectivity index (χ3n) is 3.26. The van der Waals surface area contributed by atoms with Crippen LogP contribution in [0.1, 0.15) is 5.56 Å². The molecule has 0 bridgehead atoms. The first kappa shape index (κ1) is 19.7. The molecule has 0 aliphatic carbocycles. The van der Waals surface area contributed by atoms with E-state index < -0.39 is 5.91 Å². The first-order chi connectivity index (χ1) is 13.0. The highest BCUT2D eigenvalue weighted by Crippen LogP contribution is 2.27. The summed E-state index contributed by atoms with van der Waals surface area (Å²) in [6, 6.07) is 10.6. The van der Waals surface area contributed by atoms with Crippen LogP contribution in [-0.4, -0.2) is 38.3 Å². The Labute approximate surface area is 155 Å². The van der Waals surface area contributed by atoms with Crippen LogP contribution in [0.25, 0.3) is 0 Å². The minimum Gasteiger partial charge on any atom is -0.493 e. The number of primary amides is 1. The lowest BCUT2D eigenvalue weighted by molar-refractivity contribution is -0.120. The third kappa shape index (κ3) is 6.65. The number of benzene rings is 2. The summed E-state index contributed by atoms with van der Waals surface area (Å²) in [4.78, 5) is 22.6. The molecule has 0 spiro atoms. The van der Waals surface area contributed by atoms with Gasteiger partial charge in [-0.15, -0.1) is 0 Å². The van der Waals surface area contributed by atoms with E-state index in [-0.39, 0.29) is 24.9 Å². The van der Waals surface area contributed by atoms with Crippen LogP contribution < -0.4 is 25.9 Å². The number of nitrogens with two attached hydrogens (primary N) is 1. The largest absolute Gasteiger partial charge is 0.493 e. The average Bonchev–Trinajstić information content (AvgIpc) is 2.66. The number of halogens is 1. The number of carbonyl (C=O) groups excluding carboxylic acids is 2. The highest BCUT2D eigenvalue weighted by molar-refractivity contribution is 5.85. The number of anilines is 1. The van der Waals surface area contributed by atoms with Gasteiger partial charge in [0.25, 0.3) is 11.8 Å². The van der Waals surface area contributed by atoms with E-state index in [1.165, 1.54) is 37.6 Å². The molecular formula is C18H19FN4O4. The number of nitrogens with one attached hydrogen (secondary N) is 2. The van der Waals surface area contributed by atoms with E-state index in [0.717, 1.165) is 0 Å². The molecule has 0 aliphatic heterocycles. The Kier molecular flexibility index (Phi) is 7.12. The molecule has 0 fully saturated rings. The third-order valence-corrected chi connectivity index (χ3v) is 3.26. The number of ether oxygens (including phenoxy) is 2. The predicted molar refractivity (Wildman–Crippen MR) is 98.3 cm³/mol. The molecule has 27 heavy (non-hydrogen) atoms. The van der Waals surface area contributed by atoms with Gasteiger partial charge < -0.3 is 20.5 Å². The van der Waals surface area contributed by atoms with Crippen molar-refractivity contribution < 1.29 is 23.5 Å². The fraction of sp³-hybridized carbons (Fsp3) is 0.167. The molecule has 142 valence electrons. The molecular weight excluding hydrogens is 355 g/mol. The maximum absolute atomic E-state index is 12.8. The standard InChI is InChI=1S/C18H19FN4O4/c1-26-15-7-2-12(8-16(15)27-11-17(20)24)9-22-23-18(25)10-21-14-5-3-13(19)4-6-14/h2-9,21H,10-11H2,1H3,(H2,20,24)(H,23,25). The fourth-order valence-corrected chi connectivity index (χ4v) is 2.00. The van der Waals surface area contributed by atoms with Gasteiger partial charge >= 0.3 is 0 Å². The summed E-state index contributed by atoms with van der Waals surface area (Å²) in [7, 11) is 1.47. The van der Waals surface area contributed by atoms with E-state index in [2.05, 4.69) is 15.8 Å². The van der Waals surface area contributed by atoms with E-state index in [1.54, 1.807) is 18.2 Å². The number of hydrazone groups is 1. The first-order valence-corrected chi connectivity index (χ1v) is 7.88. The molecule has 0 saturated heterocycles. The molecule has 0 heterocycles. The van der Waals surface area contributed by atoms with Crippen LogP contribution in [-0.2, 0) is 9.59 Å². The minimum atomic E-state index is -0.614. The van der Waals surface area contributed by atoms with Gasteiger partial charge in [0.05, 0.1) is 19.9 Å². The van der Waals surface area contributed by atoms with Crippen molar-refractivity contribution in [2.45, 2.75) is 0 Å². The van der Waals surface area contributed by atoms with E-state index in [9.17, 15) is 14.0 Å². The van der Waals surface area contributed by atoms with Crippen molar-refractivity contribution in [3.8, 4) is 11.5 Å². The number of hydrogen-bond acceptors (Lipinski definition) is 6. The number of nitrogens with zero attached hydrogens (tertiary/aromatic N) is 1. The van der Waals surface area contributed by atoms with Crippen molar-refractivity contribution >= 4 is 23.7 Å². The van der Waals surface area contributed by atoms with Gasteiger partial charge in [0.2, 0.25) is 0 Å². The van der Waals surface area contributed by atoms with Crippen LogP contribution in [0, 0.1) is 5.82 Å². The molecule has 4 N–H and O–H groups in total. The summed E-state index contributed by atoms with van der Waals surface area (Å²) in [5.41, 5.74) is 8.64. The quantitative estimate of drug-likeness (QED) is 0.452. The van der Waals surface area contributed by atoms with Crippen LogP contribution in [0.4, 0.5) is 10.1 Å². The summed E-state index contributed by atoms with van der Waals surface area (Å²) in [5, 5.41) is 6.69. The Balaban J connectivity index is 1.88. The molecule has 2 rings (SSSR count). The number of carbonyl (C=O) groups is 2. The monoisotopic (exact) mass is 374 g/mol. The Bertz CT molecular complexity index is 825. The molecule has 8 nitrogen and oxygen atoms in total. The van der Waals surface area contributed by atoms with Gasteiger partial charge in [0.15, 0.2) is 18.1 Å². The van der Waals surface area contributed by atoms with Crippen LogP contribution in [0.3, 0.4) is 0 Å². The zero-order valence-corrected chi connectivity index (χ0v) is 14.6. The van der Waals surface area contributed by atoms with E-state index >= 15 is 0 Å². The Morgan fingerprint density at radius 3 is 2.59 bits per heavy atom. The number of hydrogen-bond donors (Lipinski definition) is 3. The summed E-state index contributed by atoms with van der Waals surface area (Å²) < 4.78 is 23.2. The second-order valence-corrected chi connectivity index (χ2v) is 5.32. The van der Waals surface area contributed by atoms with Gasteiger partial charge in [-0.25, -0.2) is 9.82 Å². The van der Waals surface area contributed by atoms with Crippen molar-refractivity contribution in [3.63, 3.8) is 0 Å². The number of methoxy groups -OCH3 is 1. The first-order valence-electron chi connectivity index (χ1n) is 7.88. The predicted octanol–water partition coefficient (Wildman–Crippen LogP) is 1.26. The zero-order valence-electron chi connectivity index (χ0n) is 14.6. The topological polar surface area (TPSA) is 115 Å². The lowest BCUT2D eigenvalue weighted by Crippen LogP contribution is -2.25. The van der Waals surface area contributed by atoms with E-state index in [0.29, 0.717) is 22.7 Å². The summed E-state index contributed by atoms with van der Waals surface area (Å²) in [6.07, 6.45) is 1.41. The average molecular weight is 374 g/mol. The Morgan fingerprint density at radius 2 is 1.93 bits per heavy atom. The maximum Gasteiger partial charge on any atom is 0.259 e. The maximum atomic E-state index is 12.8. The lowest BCUT2D eigenvalue weighted by atomic mass is 10.2. The van der Waals surface area contributed by atoms with Gasteiger partial charge in [-0.3, -0.25) is 9.59 Å². The Hall–Kier alpha value is -3.62. The SMILES string of the molecule is COc1ccc(C=NNC(=O)CNc2ccc(F)cc2)cc1OCC(N)=O. The molecule has 2 aromatic carbocycles. The number of amides is 2. The molecule has 0 saturated carbocycles. The van der Waals surface area contributed by atoms with Crippen molar-refractivity contribution in [2.24, 2.45) is 10.8 Å². The summed E-state index contributed by atoms with van der Waals surface area (Å²) in [5.74, 6) is -0.593. The molecule has 0 aliphatic rings. The van der Waals surface area contributed by atoms with Gasteiger partial charge in [-0.05, 0) is 48.0 Å². The zero-order chi connectivity index (χ0) is 19.6. The minimum absolute atomic E-state index is 0.0292. The van der Waals surface area contributed by atoms with Crippen LogP contribution >= 0.6 is 0 Å². The highest BCUT2D eigenvalue weighted by Gasteiger charge is 2.07. The number of rotatable bonds is 9. The smallest absolute Gasteiger partial charge is 0.259 e. The van der Waals surface area contributed by atoms with Gasteiger partial charge in [0, 0.05) is 5.69 Å². The second-order valence-electron chi connectivity index (χ2n) is 5.32. The van der Waals surface area contributed by atoms with Crippen molar-refractivity contribution in [2.75, 3.05) is 25.6 Å². The normalized spacial score (nSPS) is 10.4. The van der Waals surface area contributed by atoms with Crippen LogP contribution in [0.2, 0.25) is 0 Å². The lowest BCUT2D eigenvalue weighted by Gasteiger charge is -2.09. The highest BCUT2D eigenvalue weighted by atomic mass is 19.1. The molecule has 0 aromatic heterocycles. The second kappa shape index (κ2) is 9.76. The van der Waals surface area contributed by atoms with Gasteiger partial charge in [0.1, 0.15) is 5.82 Å². The van der Waals surface area contributed by atoms with Crippen LogP contribution in [0.15, 0.2) is 47.6 Å². The van der Waals surface area contributed by atoms with E-state index in [1.807, 2.05) is 0 Å². The van der Waals surface area contributed by atoms with Crippen molar-refractivity contribution in [3.05, 3.63) is 53.8 Å².